The number of rotatable bonds is 5. The molecule has 146 valence electrons. The molecule has 1 aliphatic heterocycles. The molecule has 1 fully saturated rings. The summed E-state index contributed by atoms with van der Waals surface area (Å²) < 4.78 is 28.6. The Balaban J connectivity index is 1.62. The highest BCUT2D eigenvalue weighted by Gasteiger charge is 2.33. The Morgan fingerprint density at radius 1 is 1.26 bits per heavy atom. The monoisotopic (exact) mass is 390 g/mol. The van der Waals surface area contributed by atoms with Crippen molar-refractivity contribution < 1.29 is 13.2 Å². The number of aryl methyl sites for hydroxylation is 2. The first kappa shape index (κ1) is 19.6. The van der Waals surface area contributed by atoms with Crippen LogP contribution in [0, 0.1) is 19.8 Å². The van der Waals surface area contributed by atoms with E-state index >= 15 is 0 Å². The zero-order chi connectivity index (χ0) is 19.6. The third-order valence-electron chi connectivity index (χ3n) is 5.27. The van der Waals surface area contributed by atoms with Crippen LogP contribution in [-0.4, -0.2) is 41.3 Å². The molecule has 1 aliphatic rings. The summed E-state index contributed by atoms with van der Waals surface area (Å²) in [7, 11) is -3.60. The van der Waals surface area contributed by atoms with Crippen molar-refractivity contribution in [2.45, 2.75) is 45.2 Å². The molecule has 1 saturated heterocycles. The lowest BCUT2D eigenvalue weighted by atomic mass is 9.97. The minimum atomic E-state index is -3.60. The van der Waals surface area contributed by atoms with Crippen LogP contribution in [-0.2, 0) is 21.4 Å². The number of hydrogen-bond donors (Lipinski definition) is 1. The van der Waals surface area contributed by atoms with Crippen LogP contribution < -0.4 is 5.32 Å². The lowest BCUT2D eigenvalue weighted by molar-refractivity contribution is -0.120. The van der Waals surface area contributed by atoms with Crippen LogP contribution in [0.25, 0.3) is 0 Å². The number of carbonyl (C=O) groups is 1. The average Bonchev–Trinajstić information content (AvgIpc) is 3.15. The largest absolute Gasteiger partial charge is 0.336 e. The first-order valence-corrected chi connectivity index (χ1v) is 10.7. The van der Waals surface area contributed by atoms with Crippen LogP contribution in [0.1, 0.15) is 30.9 Å². The van der Waals surface area contributed by atoms with E-state index in [4.69, 9.17) is 0 Å². The van der Waals surface area contributed by atoms with Crippen molar-refractivity contribution in [3.05, 3.63) is 41.9 Å². The SMILES string of the molecule is CCn1cnc(S(=O)(=O)N2CCC(C(=O)Nc3cccc(C)c3C)CC2)c1. The lowest BCUT2D eigenvalue weighted by Gasteiger charge is -2.30. The van der Waals surface area contributed by atoms with Gasteiger partial charge in [-0.2, -0.15) is 4.31 Å². The smallest absolute Gasteiger partial charge is 0.262 e. The topological polar surface area (TPSA) is 84.3 Å². The fraction of sp³-hybridized carbons (Fsp3) is 0.474. The van der Waals surface area contributed by atoms with E-state index in [1.165, 1.54) is 10.6 Å². The molecule has 0 unspecified atom stereocenters. The molecule has 7 nitrogen and oxygen atoms in total. The summed E-state index contributed by atoms with van der Waals surface area (Å²) in [5.74, 6) is -0.236. The molecule has 1 aromatic carbocycles. The lowest BCUT2D eigenvalue weighted by Crippen LogP contribution is -2.41. The van der Waals surface area contributed by atoms with Crippen molar-refractivity contribution in [1.29, 1.82) is 0 Å². The van der Waals surface area contributed by atoms with Crippen LogP contribution in [0.3, 0.4) is 0 Å². The van der Waals surface area contributed by atoms with Crippen molar-refractivity contribution in [1.82, 2.24) is 13.9 Å². The molecule has 1 amide bonds. The Bertz CT molecular complexity index is 928. The van der Waals surface area contributed by atoms with Crippen LogP contribution in [0.2, 0.25) is 0 Å². The van der Waals surface area contributed by atoms with Crippen molar-refractivity contribution in [2.75, 3.05) is 18.4 Å². The van der Waals surface area contributed by atoms with E-state index < -0.39 is 10.0 Å². The number of imidazole rings is 1. The van der Waals surface area contributed by atoms with Gasteiger partial charge in [-0.1, -0.05) is 12.1 Å². The van der Waals surface area contributed by atoms with Crippen LogP contribution in [0.4, 0.5) is 5.69 Å². The third-order valence-corrected chi connectivity index (χ3v) is 7.05. The van der Waals surface area contributed by atoms with Gasteiger partial charge in [0.25, 0.3) is 10.0 Å². The third kappa shape index (κ3) is 4.06. The molecule has 27 heavy (non-hydrogen) atoms. The molecule has 0 bridgehead atoms. The zero-order valence-electron chi connectivity index (χ0n) is 16.0. The van der Waals surface area contributed by atoms with Crippen molar-refractivity contribution >= 4 is 21.6 Å². The normalized spacial score (nSPS) is 16.4. The number of piperidine rings is 1. The van der Waals surface area contributed by atoms with Gasteiger partial charge in [-0.25, -0.2) is 13.4 Å². The number of sulfonamides is 1. The van der Waals surface area contributed by atoms with Crippen LogP contribution in [0.15, 0.2) is 35.7 Å². The van der Waals surface area contributed by atoms with Gasteiger partial charge in [0.2, 0.25) is 5.91 Å². The Labute approximate surface area is 160 Å². The fourth-order valence-electron chi connectivity index (χ4n) is 3.26. The number of anilines is 1. The van der Waals surface area contributed by atoms with E-state index in [2.05, 4.69) is 10.3 Å². The molecule has 0 radical (unpaired) electrons. The van der Waals surface area contributed by atoms with E-state index in [-0.39, 0.29) is 16.9 Å². The summed E-state index contributed by atoms with van der Waals surface area (Å²) in [5, 5.41) is 3.07. The van der Waals surface area contributed by atoms with Gasteiger partial charge in [0, 0.05) is 37.4 Å². The quantitative estimate of drug-likeness (QED) is 0.850. The molecule has 0 atom stereocenters. The summed E-state index contributed by atoms with van der Waals surface area (Å²) in [6, 6.07) is 5.82. The van der Waals surface area contributed by atoms with Gasteiger partial charge in [0.1, 0.15) is 0 Å². The average molecular weight is 391 g/mol. The Hall–Kier alpha value is -2.19. The highest BCUT2D eigenvalue weighted by molar-refractivity contribution is 7.89. The van der Waals surface area contributed by atoms with Gasteiger partial charge in [-0.15, -0.1) is 0 Å². The second kappa shape index (κ2) is 7.82. The molecule has 0 saturated carbocycles. The number of nitrogens with zero attached hydrogens (tertiary/aromatic N) is 3. The summed E-state index contributed by atoms with van der Waals surface area (Å²) in [5.41, 5.74) is 3.00. The zero-order valence-corrected chi connectivity index (χ0v) is 16.8. The standard InChI is InChI=1S/C19H26N4O3S/c1-4-22-12-18(20-13-22)27(25,26)23-10-8-16(9-11-23)19(24)21-17-7-5-6-14(2)15(17)3/h5-7,12-13,16H,4,8-11H2,1-3H3,(H,21,24). The van der Waals surface area contributed by atoms with E-state index in [1.807, 2.05) is 39.0 Å². The Morgan fingerprint density at radius 2 is 1.96 bits per heavy atom. The molecular formula is C19H26N4O3S. The first-order chi connectivity index (χ1) is 12.8. The van der Waals surface area contributed by atoms with Gasteiger partial charge in [-0.3, -0.25) is 4.79 Å². The van der Waals surface area contributed by atoms with Crippen molar-refractivity contribution in [3.8, 4) is 0 Å². The number of benzene rings is 1. The minimum Gasteiger partial charge on any atom is -0.336 e. The van der Waals surface area contributed by atoms with Gasteiger partial charge < -0.3 is 9.88 Å². The first-order valence-electron chi connectivity index (χ1n) is 9.22. The fourth-order valence-corrected chi connectivity index (χ4v) is 4.66. The van der Waals surface area contributed by atoms with Crippen LogP contribution in [0.5, 0.6) is 0 Å². The second-order valence-electron chi connectivity index (χ2n) is 6.96. The Kier molecular flexibility index (Phi) is 5.67. The van der Waals surface area contributed by atoms with E-state index in [1.54, 1.807) is 10.8 Å². The number of hydrogen-bond acceptors (Lipinski definition) is 4. The van der Waals surface area contributed by atoms with E-state index in [0.29, 0.717) is 32.5 Å². The summed E-state index contributed by atoms with van der Waals surface area (Å²) >= 11 is 0. The molecule has 0 aliphatic carbocycles. The maximum atomic E-state index is 12.7. The summed E-state index contributed by atoms with van der Waals surface area (Å²) in [4.78, 5) is 16.6. The number of aromatic nitrogens is 2. The molecule has 2 aromatic rings. The molecule has 0 spiro atoms. The molecule has 1 N–H and O–H groups in total. The van der Waals surface area contributed by atoms with Crippen molar-refractivity contribution in [2.24, 2.45) is 5.92 Å². The van der Waals surface area contributed by atoms with E-state index in [9.17, 15) is 13.2 Å². The number of carbonyl (C=O) groups excluding carboxylic acids is 1. The molecule has 1 aromatic heterocycles. The van der Waals surface area contributed by atoms with Gasteiger partial charge in [-0.05, 0) is 50.8 Å². The highest BCUT2D eigenvalue weighted by atomic mass is 32.2. The van der Waals surface area contributed by atoms with E-state index in [0.717, 1.165) is 16.8 Å². The van der Waals surface area contributed by atoms with Gasteiger partial charge in [0.05, 0.1) is 6.33 Å². The van der Waals surface area contributed by atoms with Crippen LogP contribution >= 0.6 is 0 Å². The number of nitrogens with one attached hydrogen (secondary N) is 1. The molecule has 2 heterocycles. The molecule has 3 rings (SSSR count). The predicted molar refractivity (Wildman–Crippen MR) is 104 cm³/mol. The second-order valence-corrected chi connectivity index (χ2v) is 8.84. The maximum Gasteiger partial charge on any atom is 0.262 e. The predicted octanol–water partition coefficient (Wildman–Crippen LogP) is 2.56. The summed E-state index contributed by atoms with van der Waals surface area (Å²) in [6.07, 6.45) is 4.08. The highest BCUT2D eigenvalue weighted by Crippen LogP contribution is 2.25. The maximum absolute atomic E-state index is 12.7. The summed E-state index contributed by atoms with van der Waals surface area (Å²) in [6.45, 7) is 7.24. The van der Waals surface area contributed by atoms with Gasteiger partial charge >= 0.3 is 0 Å². The van der Waals surface area contributed by atoms with Crippen molar-refractivity contribution in [3.63, 3.8) is 0 Å². The number of amides is 1. The minimum absolute atomic E-state index is 0.0454. The Morgan fingerprint density at radius 3 is 2.59 bits per heavy atom. The molecule has 8 heteroatoms. The molecular weight excluding hydrogens is 364 g/mol. The van der Waals surface area contributed by atoms with Gasteiger partial charge in [0.15, 0.2) is 5.03 Å².